The Morgan fingerprint density at radius 2 is 2.00 bits per heavy atom. The first-order valence-electron chi connectivity index (χ1n) is 6.20. The van der Waals surface area contributed by atoms with Crippen molar-refractivity contribution in [2.24, 2.45) is 0 Å². The van der Waals surface area contributed by atoms with E-state index in [9.17, 15) is 4.79 Å². The molecule has 0 bridgehead atoms. The first-order chi connectivity index (χ1) is 9.02. The molecule has 1 fully saturated rings. The predicted molar refractivity (Wildman–Crippen MR) is 78.0 cm³/mol. The summed E-state index contributed by atoms with van der Waals surface area (Å²) in [4.78, 5) is 14.3. The van der Waals surface area contributed by atoms with Gasteiger partial charge in [0.1, 0.15) is 5.00 Å². The number of anilines is 2. The molecule has 1 aromatic rings. The number of nitrogen functional groups attached to an aromatic ring is 1. The third kappa shape index (κ3) is 2.99. The number of nitrogens with two attached hydrogens (primary N) is 1. The maximum absolute atomic E-state index is 11.5. The lowest BCUT2D eigenvalue weighted by molar-refractivity contribution is 0.102. The molecule has 1 saturated heterocycles. The van der Waals surface area contributed by atoms with E-state index in [1.165, 1.54) is 18.3 Å². The van der Waals surface area contributed by atoms with E-state index in [1.807, 2.05) is 0 Å². The molecular weight excluding hydrogens is 264 g/mol. The first kappa shape index (κ1) is 14.1. The summed E-state index contributed by atoms with van der Waals surface area (Å²) in [6.45, 7) is 5.38. The largest absolute Gasteiger partial charge is 0.491 e. The van der Waals surface area contributed by atoms with Gasteiger partial charge in [-0.25, -0.2) is 5.01 Å². The van der Waals surface area contributed by atoms with Gasteiger partial charge < -0.3 is 20.8 Å². The van der Waals surface area contributed by atoms with Gasteiger partial charge in [0.15, 0.2) is 11.5 Å². The van der Waals surface area contributed by atoms with Crippen LogP contribution in [0.2, 0.25) is 0 Å². The van der Waals surface area contributed by atoms with Gasteiger partial charge in [0.25, 0.3) is 0 Å². The Labute approximate surface area is 117 Å². The van der Waals surface area contributed by atoms with Gasteiger partial charge >= 0.3 is 0 Å². The number of carbonyl (C=O) groups is 1. The number of ether oxygens (including phenoxy) is 1. The van der Waals surface area contributed by atoms with Crippen molar-refractivity contribution in [3.8, 4) is 5.75 Å². The number of thiophene rings is 1. The molecule has 2 heterocycles. The highest BCUT2D eigenvalue weighted by Gasteiger charge is 2.22. The van der Waals surface area contributed by atoms with Crippen LogP contribution < -0.4 is 15.9 Å². The van der Waals surface area contributed by atoms with E-state index in [4.69, 9.17) is 10.5 Å². The number of methoxy groups -OCH3 is 1. The van der Waals surface area contributed by atoms with Crippen LogP contribution in [0.3, 0.4) is 0 Å². The summed E-state index contributed by atoms with van der Waals surface area (Å²) in [5.41, 5.74) is 9.67. The smallest absolute Gasteiger partial charge is 0.178 e. The van der Waals surface area contributed by atoms with E-state index in [1.54, 1.807) is 7.11 Å². The number of ketones is 1. The fraction of sp³-hybridized carbons (Fsp3) is 0.583. The number of piperazine rings is 1. The second-order valence-electron chi connectivity index (χ2n) is 4.67. The van der Waals surface area contributed by atoms with Crippen molar-refractivity contribution in [1.82, 2.24) is 9.91 Å². The van der Waals surface area contributed by atoms with Crippen LogP contribution in [0.4, 0.5) is 10.7 Å². The summed E-state index contributed by atoms with van der Waals surface area (Å²) < 4.78 is 5.30. The highest BCUT2D eigenvalue weighted by Crippen LogP contribution is 2.42. The van der Waals surface area contributed by atoms with Crippen LogP contribution in [-0.2, 0) is 0 Å². The predicted octanol–water partition coefficient (Wildman–Crippen LogP) is 1.12. The minimum absolute atomic E-state index is 0.0350. The minimum Gasteiger partial charge on any atom is -0.491 e. The van der Waals surface area contributed by atoms with Crippen LogP contribution in [-0.4, -0.2) is 56.0 Å². The molecule has 6 nitrogen and oxygen atoms in total. The number of nitrogens with one attached hydrogen (secondary N) is 1. The fourth-order valence-electron chi connectivity index (χ4n) is 2.03. The van der Waals surface area contributed by atoms with Crippen LogP contribution in [0.1, 0.15) is 16.6 Å². The van der Waals surface area contributed by atoms with E-state index in [0.717, 1.165) is 31.2 Å². The maximum Gasteiger partial charge on any atom is 0.178 e. The molecule has 2 rings (SSSR count). The Bertz CT molecular complexity index is 467. The van der Waals surface area contributed by atoms with Gasteiger partial charge in [0, 0.05) is 33.1 Å². The number of likely N-dealkylation sites (N-methyl/N-ethyl adjacent to an activating group) is 1. The number of hydrogen-bond donors (Lipinski definition) is 2. The molecule has 1 aliphatic rings. The van der Waals surface area contributed by atoms with Crippen molar-refractivity contribution in [1.29, 1.82) is 0 Å². The third-order valence-electron chi connectivity index (χ3n) is 3.19. The Hall–Kier alpha value is -1.31. The second-order valence-corrected chi connectivity index (χ2v) is 5.69. The molecule has 1 aromatic heterocycles. The van der Waals surface area contributed by atoms with Crippen molar-refractivity contribution in [3.05, 3.63) is 4.88 Å². The van der Waals surface area contributed by atoms with Crippen molar-refractivity contribution in [2.45, 2.75) is 6.92 Å². The lowest BCUT2D eigenvalue weighted by Crippen LogP contribution is -2.46. The molecule has 0 atom stereocenters. The van der Waals surface area contributed by atoms with Gasteiger partial charge in [-0.3, -0.25) is 4.79 Å². The quantitative estimate of drug-likeness (QED) is 0.807. The molecule has 7 heteroatoms. The number of carbonyl (C=O) groups excluding carboxylic acids is 1. The average molecular weight is 284 g/mol. The SMILES string of the molecule is COc1c(NN2CCN(C)CC2)sc(C(C)=O)c1N. The Kier molecular flexibility index (Phi) is 4.28. The summed E-state index contributed by atoms with van der Waals surface area (Å²) in [5, 5.41) is 2.92. The number of hydrazine groups is 1. The summed E-state index contributed by atoms with van der Waals surface area (Å²) in [7, 11) is 3.67. The number of Topliss-reactive ketones (excluding diaryl/α,β-unsaturated/α-hetero) is 1. The van der Waals surface area contributed by atoms with Crippen molar-refractivity contribution < 1.29 is 9.53 Å². The van der Waals surface area contributed by atoms with Crippen LogP contribution >= 0.6 is 11.3 Å². The van der Waals surface area contributed by atoms with E-state index >= 15 is 0 Å². The Morgan fingerprint density at radius 3 is 2.53 bits per heavy atom. The minimum atomic E-state index is -0.0350. The maximum atomic E-state index is 11.5. The molecule has 0 saturated carbocycles. The average Bonchev–Trinajstić information content (AvgIpc) is 2.68. The van der Waals surface area contributed by atoms with Crippen LogP contribution in [0.15, 0.2) is 0 Å². The van der Waals surface area contributed by atoms with Gasteiger partial charge in [-0.2, -0.15) is 0 Å². The molecule has 3 N–H and O–H groups in total. The van der Waals surface area contributed by atoms with E-state index in [-0.39, 0.29) is 5.78 Å². The van der Waals surface area contributed by atoms with E-state index in [2.05, 4.69) is 22.4 Å². The number of rotatable bonds is 4. The topological polar surface area (TPSA) is 70.8 Å². The van der Waals surface area contributed by atoms with Crippen molar-refractivity contribution >= 4 is 27.8 Å². The molecule has 1 aliphatic heterocycles. The highest BCUT2D eigenvalue weighted by molar-refractivity contribution is 7.19. The number of nitrogens with zero attached hydrogens (tertiary/aromatic N) is 2. The molecule has 0 amide bonds. The summed E-state index contributed by atoms with van der Waals surface area (Å²) in [5.74, 6) is 0.529. The molecule has 19 heavy (non-hydrogen) atoms. The van der Waals surface area contributed by atoms with Crippen LogP contribution in [0, 0.1) is 0 Å². The third-order valence-corrected chi connectivity index (χ3v) is 4.38. The molecule has 0 spiro atoms. The van der Waals surface area contributed by atoms with Gasteiger partial charge in [-0.1, -0.05) is 0 Å². The zero-order valence-corrected chi connectivity index (χ0v) is 12.3. The van der Waals surface area contributed by atoms with E-state index < -0.39 is 0 Å². The molecule has 0 aliphatic carbocycles. The zero-order valence-electron chi connectivity index (χ0n) is 11.5. The monoisotopic (exact) mass is 284 g/mol. The fourth-order valence-corrected chi connectivity index (χ4v) is 3.04. The summed E-state index contributed by atoms with van der Waals surface area (Å²) in [6.07, 6.45) is 0. The standard InChI is InChI=1S/C12H20N4O2S/c1-8(17)11-9(13)10(18-3)12(19-11)14-16-6-4-15(2)5-7-16/h14H,4-7,13H2,1-3H3. The number of hydrogen-bond acceptors (Lipinski definition) is 7. The highest BCUT2D eigenvalue weighted by atomic mass is 32.1. The molecule has 0 unspecified atom stereocenters. The van der Waals surface area contributed by atoms with Crippen LogP contribution in [0.25, 0.3) is 0 Å². The van der Waals surface area contributed by atoms with Crippen LogP contribution in [0.5, 0.6) is 5.75 Å². The molecule has 0 radical (unpaired) electrons. The van der Waals surface area contributed by atoms with E-state index in [0.29, 0.717) is 16.3 Å². The second kappa shape index (κ2) is 5.77. The van der Waals surface area contributed by atoms with Crippen molar-refractivity contribution in [2.75, 3.05) is 51.5 Å². The van der Waals surface area contributed by atoms with Gasteiger partial charge in [-0.05, 0) is 7.05 Å². The normalized spacial score (nSPS) is 17.4. The Balaban J connectivity index is 2.15. The van der Waals surface area contributed by atoms with Crippen molar-refractivity contribution in [3.63, 3.8) is 0 Å². The Morgan fingerprint density at radius 1 is 1.37 bits per heavy atom. The van der Waals surface area contributed by atoms with Gasteiger partial charge in [-0.15, -0.1) is 11.3 Å². The molecule has 106 valence electrons. The lowest BCUT2D eigenvalue weighted by atomic mass is 10.3. The summed E-state index contributed by atoms with van der Waals surface area (Å²) >= 11 is 1.35. The molecule has 0 aromatic carbocycles. The molecular formula is C12H20N4O2S. The van der Waals surface area contributed by atoms with Gasteiger partial charge in [0.05, 0.1) is 17.7 Å². The first-order valence-corrected chi connectivity index (χ1v) is 7.02. The van der Waals surface area contributed by atoms with Gasteiger partial charge in [0.2, 0.25) is 0 Å². The summed E-state index contributed by atoms with van der Waals surface area (Å²) in [6, 6.07) is 0. The zero-order chi connectivity index (χ0) is 14.0. The lowest BCUT2D eigenvalue weighted by Gasteiger charge is -2.32.